The molecule has 0 N–H and O–H groups in total. The fourth-order valence-corrected chi connectivity index (χ4v) is 2.68. The third-order valence-electron chi connectivity index (χ3n) is 3.68. The molecule has 0 aliphatic rings. The number of hydrogen-bond acceptors (Lipinski definition) is 9. The minimum Gasteiger partial charge on any atom is -0.492 e. The van der Waals surface area contributed by atoms with Gasteiger partial charge in [0.1, 0.15) is 11.6 Å². The summed E-state index contributed by atoms with van der Waals surface area (Å²) >= 11 is 3.31. The third-order valence-corrected chi connectivity index (χ3v) is 4.33. The van der Waals surface area contributed by atoms with Crippen LogP contribution in [0.3, 0.4) is 0 Å². The maximum atomic E-state index is 13.2. The van der Waals surface area contributed by atoms with Gasteiger partial charge in [-0.2, -0.15) is 4.80 Å². The minimum absolute atomic E-state index is 0.146. The largest absolute Gasteiger partial charge is 0.492 e. The van der Waals surface area contributed by atoms with Crippen LogP contribution in [0.1, 0.15) is 19.8 Å². The van der Waals surface area contributed by atoms with Gasteiger partial charge in [0.05, 0.1) is 30.4 Å². The van der Waals surface area contributed by atoms with Gasteiger partial charge in [0, 0.05) is 6.07 Å². The van der Waals surface area contributed by atoms with Crippen molar-refractivity contribution in [3.8, 4) is 23.2 Å². The molecule has 10 nitrogen and oxygen atoms in total. The first-order valence-corrected chi connectivity index (χ1v) is 9.95. The molecule has 0 atom stereocenters. The van der Waals surface area contributed by atoms with E-state index in [1.165, 1.54) is 18.2 Å². The van der Waals surface area contributed by atoms with E-state index < -0.39 is 5.97 Å². The van der Waals surface area contributed by atoms with E-state index in [2.05, 4.69) is 36.5 Å². The molecule has 0 saturated carbocycles. The van der Waals surface area contributed by atoms with Gasteiger partial charge in [0.2, 0.25) is 11.6 Å². The van der Waals surface area contributed by atoms with Crippen molar-refractivity contribution in [2.24, 2.45) is 0 Å². The Bertz CT molecular complexity index is 980. The van der Waals surface area contributed by atoms with Gasteiger partial charge in [-0.05, 0) is 58.2 Å². The van der Waals surface area contributed by atoms with Gasteiger partial charge in [-0.25, -0.2) is 9.18 Å². The molecule has 1 aromatic carbocycles. The summed E-state index contributed by atoms with van der Waals surface area (Å²) in [7, 11) is 0. The molecular weight excluding hydrogens is 465 g/mol. The van der Waals surface area contributed by atoms with Crippen molar-refractivity contribution in [2.75, 3.05) is 19.8 Å². The summed E-state index contributed by atoms with van der Waals surface area (Å²) < 4.78 is 34.9. The summed E-state index contributed by atoms with van der Waals surface area (Å²) in [6, 6.07) is 5.81. The summed E-state index contributed by atoms with van der Waals surface area (Å²) in [6.45, 7) is 2.65. The lowest BCUT2D eigenvalue weighted by molar-refractivity contribution is -0.144. The van der Waals surface area contributed by atoms with E-state index in [1.54, 1.807) is 13.0 Å². The first kappa shape index (κ1) is 21.7. The zero-order chi connectivity index (χ0) is 21.3. The fourth-order valence-electron chi connectivity index (χ4n) is 2.31. The number of benzene rings is 1. The van der Waals surface area contributed by atoms with Crippen molar-refractivity contribution in [1.29, 1.82) is 0 Å². The first-order chi connectivity index (χ1) is 14.5. The number of esters is 1. The van der Waals surface area contributed by atoms with Crippen LogP contribution >= 0.6 is 15.9 Å². The molecule has 0 saturated heterocycles. The molecule has 0 aliphatic carbocycles. The summed E-state index contributed by atoms with van der Waals surface area (Å²) in [4.78, 5) is 12.5. The molecule has 30 heavy (non-hydrogen) atoms. The molecule has 0 unspecified atom stereocenters. The summed E-state index contributed by atoms with van der Waals surface area (Å²) in [5.41, 5.74) is 0. The van der Waals surface area contributed by atoms with E-state index in [9.17, 15) is 9.18 Å². The number of aromatic nitrogens is 5. The quantitative estimate of drug-likeness (QED) is 0.299. The van der Waals surface area contributed by atoms with Crippen LogP contribution in [0.5, 0.6) is 11.6 Å². The van der Waals surface area contributed by atoms with Gasteiger partial charge in [0.25, 0.3) is 5.88 Å². The number of carbonyl (C=O) groups is 1. The highest BCUT2D eigenvalue weighted by atomic mass is 79.9. The average Bonchev–Trinajstić information content (AvgIpc) is 3.36. The topological polar surface area (TPSA) is 114 Å². The smallest absolute Gasteiger partial charge is 0.329 e. The molecule has 0 aliphatic heterocycles. The molecule has 0 radical (unpaired) electrons. The molecular formula is C18H19BrFN5O5. The Balaban J connectivity index is 1.39. The molecule has 3 aromatic rings. The van der Waals surface area contributed by atoms with Crippen LogP contribution in [-0.4, -0.2) is 51.2 Å². The SMILES string of the molecule is CCOC(=O)Cn1nnc(-c2cc(OCCCCOc3cc(F)ccc3Br)no2)n1. The van der Waals surface area contributed by atoms with E-state index in [-0.39, 0.29) is 36.4 Å². The van der Waals surface area contributed by atoms with E-state index in [4.69, 9.17) is 18.7 Å². The predicted octanol–water partition coefficient (Wildman–Crippen LogP) is 3.03. The van der Waals surface area contributed by atoms with Crippen LogP contribution in [0.4, 0.5) is 4.39 Å². The zero-order valence-electron chi connectivity index (χ0n) is 16.1. The second-order valence-electron chi connectivity index (χ2n) is 5.96. The van der Waals surface area contributed by atoms with Gasteiger partial charge in [-0.15, -0.1) is 10.2 Å². The third kappa shape index (κ3) is 6.24. The van der Waals surface area contributed by atoms with Gasteiger partial charge >= 0.3 is 5.97 Å². The summed E-state index contributed by atoms with van der Waals surface area (Å²) in [5, 5.41) is 15.4. The van der Waals surface area contributed by atoms with Crippen LogP contribution in [0.25, 0.3) is 11.6 Å². The van der Waals surface area contributed by atoms with Crippen molar-refractivity contribution in [1.82, 2.24) is 25.4 Å². The van der Waals surface area contributed by atoms with E-state index in [0.29, 0.717) is 36.3 Å². The number of rotatable bonds is 11. The van der Waals surface area contributed by atoms with Crippen LogP contribution in [0.2, 0.25) is 0 Å². The highest BCUT2D eigenvalue weighted by Gasteiger charge is 2.15. The average molecular weight is 484 g/mol. The van der Waals surface area contributed by atoms with E-state index >= 15 is 0 Å². The van der Waals surface area contributed by atoms with Crippen LogP contribution in [0, 0.1) is 5.82 Å². The van der Waals surface area contributed by atoms with Crippen LogP contribution in [0.15, 0.2) is 33.3 Å². The maximum absolute atomic E-state index is 13.2. The second-order valence-corrected chi connectivity index (χ2v) is 6.81. The standard InChI is InChI=1S/C18H19BrFN5O5/c1-2-27-17(26)11-25-22-18(21-24-25)15-10-16(23-30-15)29-8-4-3-7-28-14-9-12(20)5-6-13(14)19/h5-6,9-10H,2-4,7-8,11H2,1H3. The zero-order valence-corrected chi connectivity index (χ0v) is 17.7. The second kappa shape index (κ2) is 10.7. The molecule has 160 valence electrons. The van der Waals surface area contributed by atoms with Crippen molar-refractivity contribution in [3.05, 3.63) is 34.6 Å². The molecule has 2 aromatic heterocycles. The number of hydrogen-bond donors (Lipinski definition) is 0. The van der Waals surface area contributed by atoms with Gasteiger partial charge in [-0.3, -0.25) is 0 Å². The van der Waals surface area contributed by atoms with Gasteiger partial charge in [-0.1, -0.05) is 0 Å². The minimum atomic E-state index is -0.461. The summed E-state index contributed by atoms with van der Waals surface area (Å²) in [6.07, 6.45) is 1.40. The monoisotopic (exact) mass is 483 g/mol. The van der Waals surface area contributed by atoms with Crippen molar-refractivity contribution in [2.45, 2.75) is 26.3 Å². The number of nitrogens with zero attached hydrogens (tertiary/aromatic N) is 5. The van der Waals surface area contributed by atoms with E-state index in [1.807, 2.05) is 0 Å². The Morgan fingerprint density at radius 2 is 2.03 bits per heavy atom. The highest BCUT2D eigenvalue weighted by molar-refractivity contribution is 9.10. The normalized spacial score (nSPS) is 10.8. The number of tetrazole rings is 1. The van der Waals surface area contributed by atoms with Gasteiger partial charge in [0.15, 0.2) is 6.54 Å². The van der Waals surface area contributed by atoms with Crippen molar-refractivity contribution < 1.29 is 27.9 Å². The lowest BCUT2D eigenvalue weighted by atomic mass is 10.3. The Hall–Kier alpha value is -3.02. The molecule has 0 fully saturated rings. The lowest BCUT2D eigenvalue weighted by Crippen LogP contribution is -2.15. The van der Waals surface area contributed by atoms with Crippen molar-refractivity contribution in [3.63, 3.8) is 0 Å². The molecule has 12 heteroatoms. The fraction of sp³-hybridized carbons (Fsp3) is 0.389. The Kier molecular flexibility index (Phi) is 7.71. The molecule has 3 rings (SSSR count). The number of unbranched alkanes of at least 4 members (excludes halogenated alkanes) is 1. The van der Waals surface area contributed by atoms with Crippen LogP contribution in [-0.2, 0) is 16.1 Å². The molecule has 0 bridgehead atoms. The molecule has 0 amide bonds. The number of ether oxygens (including phenoxy) is 3. The first-order valence-electron chi connectivity index (χ1n) is 9.16. The lowest BCUT2D eigenvalue weighted by Gasteiger charge is -2.08. The molecule has 0 spiro atoms. The number of halogens is 2. The Morgan fingerprint density at radius 3 is 2.83 bits per heavy atom. The number of carbonyl (C=O) groups excluding carboxylic acids is 1. The van der Waals surface area contributed by atoms with Crippen molar-refractivity contribution >= 4 is 21.9 Å². The Morgan fingerprint density at radius 1 is 1.23 bits per heavy atom. The molecule has 2 heterocycles. The summed E-state index contributed by atoms with van der Waals surface area (Å²) in [5.74, 6) is 0.363. The highest BCUT2D eigenvalue weighted by Crippen LogP contribution is 2.25. The Labute approximate surface area is 179 Å². The van der Waals surface area contributed by atoms with Gasteiger partial charge < -0.3 is 18.7 Å². The van der Waals surface area contributed by atoms with Crippen LogP contribution < -0.4 is 9.47 Å². The van der Waals surface area contributed by atoms with E-state index in [0.717, 1.165) is 4.80 Å². The maximum Gasteiger partial charge on any atom is 0.329 e. The predicted molar refractivity (Wildman–Crippen MR) is 104 cm³/mol.